The second kappa shape index (κ2) is 7.38. The third-order valence-corrected chi connectivity index (χ3v) is 4.61. The number of amides is 1. The van der Waals surface area contributed by atoms with Crippen molar-refractivity contribution in [2.75, 3.05) is 12.4 Å². The molecule has 27 heavy (non-hydrogen) atoms. The standard InChI is InChI=1S/C19H15N5O2S/c1-26-16-6-3-2-5-14(16)15-12-27-19(22-15)23-18(25)13-7-8-17(20-11-13)24-10-4-9-21-24/h2-12H,1H3,(H,22,23,25). The van der Waals surface area contributed by atoms with Crippen molar-refractivity contribution in [1.29, 1.82) is 0 Å². The zero-order chi connectivity index (χ0) is 18.6. The van der Waals surface area contributed by atoms with E-state index in [1.54, 1.807) is 36.3 Å². The molecule has 0 atom stereocenters. The van der Waals surface area contributed by atoms with Gasteiger partial charge in [0.1, 0.15) is 5.75 Å². The maximum atomic E-state index is 12.4. The van der Waals surface area contributed by atoms with Crippen molar-refractivity contribution >= 4 is 22.4 Å². The monoisotopic (exact) mass is 377 g/mol. The summed E-state index contributed by atoms with van der Waals surface area (Å²) in [6.45, 7) is 0. The summed E-state index contributed by atoms with van der Waals surface area (Å²) in [5.74, 6) is 1.11. The number of ether oxygens (including phenoxy) is 1. The van der Waals surface area contributed by atoms with Gasteiger partial charge in [0.2, 0.25) is 0 Å². The van der Waals surface area contributed by atoms with Gasteiger partial charge in [-0.25, -0.2) is 14.6 Å². The summed E-state index contributed by atoms with van der Waals surface area (Å²) < 4.78 is 6.99. The quantitative estimate of drug-likeness (QED) is 0.574. The van der Waals surface area contributed by atoms with E-state index in [9.17, 15) is 4.79 Å². The predicted octanol–water partition coefficient (Wildman–Crippen LogP) is 3.65. The highest BCUT2D eigenvalue weighted by atomic mass is 32.1. The molecule has 0 aliphatic carbocycles. The number of rotatable bonds is 5. The highest BCUT2D eigenvalue weighted by Gasteiger charge is 2.13. The summed E-state index contributed by atoms with van der Waals surface area (Å²) in [6, 6.07) is 12.9. The minimum Gasteiger partial charge on any atom is -0.496 e. The van der Waals surface area contributed by atoms with Gasteiger partial charge in [0.05, 0.1) is 18.4 Å². The number of methoxy groups -OCH3 is 1. The molecule has 0 saturated heterocycles. The van der Waals surface area contributed by atoms with Crippen LogP contribution >= 0.6 is 11.3 Å². The van der Waals surface area contributed by atoms with E-state index in [0.29, 0.717) is 16.5 Å². The van der Waals surface area contributed by atoms with Crippen molar-refractivity contribution in [3.05, 3.63) is 72.0 Å². The second-order valence-electron chi connectivity index (χ2n) is 5.55. The Hall–Kier alpha value is -3.52. The van der Waals surface area contributed by atoms with Crippen molar-refractivity contribution in [1.82, 2.24) is 19.7 Å². The first-order chi connectivity index (χ1) is 13.2. The third kappa shape index (κ3) is 3.56. The molecule has 7 nitrogen and oxygen atoms in total. The van der Waals surface area contributed by atoms with Gasteiger partial charge in [-0.1, -0.05) is 12.1 Å². The van der Waals surface area contributed by atoms with E-state index in [2.05, 4.69) is 20.4 Å². The first kappa shape index (κ1) is 16.9. The molecule has 1 N–H and O–H groups in total. The summed E-state index contributed by atoms with van der Waals surface area (Å²) in [4.78, 5) is 21.2. The van der Waals surface area contributed by atoms with Crippen LogP contribution in [-0.2, 0) is 0 Å². The molecule has 4 aromatic rings. The summed E-state index contributed by atoms with van der Waals surface area (Å²) >= 11 is 1.35. The van der Waals surface area contributed by atoms with Gasteiger partial charge >= 0.3 is 0 Å². The van der Waals surface area contributed by atoms with Gasteiger partial charge in [-0.05, 0) is 30.3 Å². The number of para-hydroxylation sites is 1. The zero-order valence-electron chi connectivity index (χ0n) is 14.4. The van der Waals surface area contributed by atoms with Crippen LogP contribution in [0.5, 0.6) is 5.75 Å². The number of thiazole rings is 1. The van der Waals surface area contributed by atoms with E-state index in [-0.39, 0.29) is 5.91 Å². The van der Waals surface area contributed by atoms with Crippen LogP contribution in [-0.4, -0.2) is 32.8 Å². The van der Waals surface area contributed by atoms with E-state index >= 15 is 0 Å². The minimum absolute atomic E-state index is 0.268. The summed E-state index contributed by atoms with van der Waals surface area (Å²) in [5.41, 5.74) is 2.07. The van der Waals surface area contributed by atoms with Crippen molar-refractivity contribution in [3.8, 4) is 22.8 Å². The van der Waals surface area contributed by atoms with Gasteiger partial charge in [0, 0.05) is 29.5 Å². The Balaban J connectivity index is 1.50. The molecule has 0 unspecified atom stereocenters. The number of hydrogen-bond acceptors (Lipinski definition) is 6. The largest absolute Gasteiger partial charge is 0.496 e. The van der Waals surface area contributed by atoms with Crippen LogP contribution < -0.4 is 10.1 Å². The smallest absolute Gasteiger partial charge is 0.259 e. The molecular weight excluding hydrogens is 362 g/mol. The highest BCUT2D eigenvalue weighted by Crippen LogP contribution is 2.31. The molecule has 0 aliphatic rings. The molecule has 4 rings (SSSR count). The average molecular weight is 377 g/mol. The highest BCUT2D eigenvalue weighted by molar-refractivity contribution is 7.14. The number of nitrogens with zero attached hydrogens (tertiary/aromatic N) is 4. The number of carbonyl (C=O) groups is 1. The van der Waals surface area contributed by atoms with Crippen LogP contribution in [0.3, 0.4) is 0 Å². The summed E-state index contributed by atoms with van der Waals surface area (Å²) in [7, 11) is 1.62. The molecule has 0 radical (unpaired) electrons. The van der Waals surface area contributed by atoms with E-state index in [1.165, 1.54) is 17.5 Å². The van der Waals surface area contributed by atoms with Crippen LogP contribution in [0.15, 0.2) is 66.4 Å². The van der Waals surface area contributed by atoms with E-state index in [1.807, 2.05) is 35.7 Å². The van der Waals surface area contributed by atoms with Crippen molar-refractivity contribution in [2.24, 2.45) is 0 Å². The molecule has 8 heteroatoms. The fraction of sp³-hybridized carbons (Fsp3) is 0.0526. The number of hydrogen-bond donors (Lipinski definition) is 1. The van der Waals surface area contributed by atoms with Crippen molar-refractivity contribution < 1.29 is 9.53 Å². The first-order valence-electron chi connectivity index (χ1n) is 8.11. The average Bonchev–Trinajstić information content (AvgIpc) is 3.40. The Labute approximate surface area is 159 Å². The lowest BCUT2D eigenvalue weighted by molar-refractivity contribution is 0.102. The first-order valence-corrected chi connectivity index (χ1v) is 8.99. The molecule has 3 heterocycles. The number of anilines is 1. The summed E-state index contributed by atoms with van der Waals surface area (Å²) in [6.07, 6.45) is 4.97. The number of pyridine rings is 1. The van der Waals surface area contributed by atoms with E-state index in [4.69, 9.17) is 4.74 Å². The van der Waals surface area contributed by atoms with Crippen molar-refractivity contribution in [2.45, 2.75) is 0 Å². The molecule has 0 fully saturated rings. The Morgan fingerprint density at radius 3 is 2.81 bits per heavy atom. The summed E-state index contributed by atoms with van der Waals surface area (Å²) in [5, 5.41) is 9.31. The molecule has 0 bridgehead atoms. The molecule has 0 aliphatic heterocycles. The van der Waals surface area contributed by atoms with Gasteiger partial charge in [-0.2, -0.15) is 5.10 Å². The molecule has 134 valence electrons. The lowest BCUT2D eigenvalue weighted by Crippen LogP contribution is -2.12. The lowest BCUT2D eigenvalue weighted by atomic mass is 10.1. The fourth-order valence-electron chi connectivity index (χ4n) is 2.54. The number of nitrogens with one attached hydrogen (secondary N) is 1. The molecular formula is C19H15N5O2S. The third-order valence-electron chi connectivity index (χ3n) is 3.86. The van der Waals surface area contributed by atoms with Crippen molar-refractivity contribution in [3.63, 3.8) is 0 Å². The molecule has 0 saturated carbocycles. The van der Waals surface area contributed by atoms with Crippen LogP contribution in [0.2, 0.25) is 0 Å². The van der Waals surface area contributed by atoms with Crippen LogP contribution in [0.1, 0.15) is 10.4 Å². The molecule has 1 amide bonds. The van der Waals surface area contributed by atoms with E-state index < -0.39 is 0 Å². The molecule has 3 aromatic heterocycles. The van der Waals surface area contributed by atoms with Crippen LogP contribution in [0.25, 0.3) is 17.1 Å². The van der Waals surface area contributed by atoms with Gasteiger partial charge < -0.3 is 4.74 Å². The topological polar surface area (TPSA) is 81.9 Å². The minimum atomic E-state index is -0.268. The molecule has 1 aromatic carbocycles. The second-order valence-corrected chi connectivity index (χ2v) is 6.41. The van der Waals surface area contributed by atoms with E-state index in [0.717, 1.165) is 17.0 Å². The SMILES string of the molecule is COc1ccccc1-c1csc(NC(=O)c2ccc(-n3cccn3)nc2)n1. The van der Waals surface area contributed by atoms with Crippen LogP contribution in [0.4, 0.5) is 5.13 Å². The van der Waals surface area contributed by atoms with Gasteiger partial charge in [-0.3, -0.25) is 10.1 Å². The number of aromatic nitrogens is 4. The van der Waals surface area contributed by atoms with Gasteiger partial charge in [0.25, 0.3) is 5.91 Å². The Morgan fingerprint density at radius 1 is 1.19 bits per heavy atom. The number of carbonyl (C=O) groups excluding carboxylic acids is 1. The zero-order valence-corrected chi connectivity index (χ0v) is 15.2. The predicted molar refractivity (Wildman–Crippen MR) is 103 cm³/mol. The lowest BCUT2D eigenvalue weighted by Gasteiger charge is -2.05. The Bertz CT molecular complexity index is 1060. The van der Waals surface area contributed by atoms with Gasteiger partial charge in [0.15, 0.2) is 10.9 Å². The molecule has 0 spiro atoms. The maximum Gasteiger partial charge on any atom is 0.259 e. The number of benzene rings is 1. The van der Waals surface area contributed by atoms with Crippen LogP contribution in [0, 0.1) is 0 Å². The Kier molecular flexibility index (Phi) is 4.63. The van der Waals surface area contributed by atoms with Gasteiger partial charge in [-0.15, -0.1) is 11.3 Å². The normalized spacial score (nSPS) is 10.6. The fourth-order valence-corrected chi connectivity index (χ4v) is 3.25. The Morgan fingerprint density at radius 2 is 2.07 bits per heavy atom. The maximum absolute atomic E-state index is 12.4.